The molecule has 1 saturated carbocycles. The number of rotatable bonds is 5. The van der Waals surface area contributed by atoms with Crippen molar-refractivity contribution in [2.45, 2.75) is 44.6 Å². The average Bonchev–Trinajstić information content (AvgIpc) is 2.36. The van der Waals surface area contributed by atoms with Crippen LogP contribution in [0.15, 0.2) is 24.5 Å². The first-order valence-electron chi connectivity index (χ1n) is 6.37. The molecule has 1 unspecified atom stereocenters. The van der Waals surface area contributed by atoms with Crippen LogP contribution in [0.5, 0.6) is 0 Å². The number of hydrogen-bond donors (Lipinski definition) is 0. The summed E-state index contributed by atoms with van der Waals surface area (Å²) < 4.78 is 5.74. The first-order valence-corrected chi connectivity index (χ1v) is 6.37. The van der Waals surface area contributed by atoms with E-state index in [-0.39, 0.29) is 6.10 Å². The van der Waals surface area contributed by atoms with Crippen LogP contribution in [0, 0.1) is 0 Å². The van der Waals surface area contributed by atoms with Crippen LogP contribution in [0.4, 0.5) is 0 Å². The first kappa shape index (κ1) is 12.2. The molecule has 1 heterocycles. The molecule has 1 aromatic heterocycles. The first-order chi connectivity index (χ1) is 8.34. The topological polar surface area (TPSA) is 39.2 Å². The fourth-order valence-corrected chi connectivity index (χ4v) is 2.20. The summed E-state index contributed by atoms with van der Waals surface area (Å²) >= 11 is 0. The molecule has 3 nitrogen and oxygen atoms in total. The van der Waals surface area contributed by atoms with Gasteiger partial charge in [-0.05, 0) is 43.4 Å². The number of aromatic nitrogens is 1. The maximum absolute atomic E-state index is 11.2. The summed E-state index contributed by atoms with van der Waals surface area (Å²) in [5.41, 5.74) is 1.29. The fourth-order valence-electron chi connectivity index (χ4n) is 2.20. The monoisotopic (exact) mass is 233 g/mol. The number of ketones is 1. The molecule has 0 aromatic carbocycles. The van der Waals surface area contributed by atoms with Crippen LogP contribution in [-0.4, -0.2) is 23.5 Å². The second-order valence-electron chi connectivity index (χ2n) is 4.59. The van der Waals surface area contributed by atoms with Gasteiger partial charge < -0.3 is 4.74 Å². The van der Waals surface area contributed by atoms with E-state index in [1.807, 2.05) is 24.5 Å². The lowest BCUT2D eigenvalue weighted by atomic mass is 9.96. The third-order valence-corrected chi connectivity index (χ3v) is 3.15. The molecular formula is C14H19NO2. The number of Topliss-reactive ketones (excluding diaryl/α,β-unsaturated/α-hetero) is 1. The van der Waals surface area contributed by atoms with Gasteiger partial charge in [0, 0.05) is 31.8 Å². The minimum atomic E-state index is 0.175. The largest absolute Gasteiger partial charge is 0.378 e. The Hall–Kier alpha value is -1.22. The molecule has 0 aliphatic heterocycles. The lowest BCUT2D eigenvalue weighted by Gasteiger charge is -2.21. The van der Waals surface area contributed by atoms with Crippen molar-refractivity contribution >= 4 is 5.78 Å². The van der Waals surface area contributed by atoms with E-state index in [0.29, 0.717) is 12.2 Å². The van der Waals surface area contributed by atoms with Crippen molar-refractivity contribution in [2.24, 2.45) is 0 Å². The number of carbonyl (C=O) groups excluding carboxylic acids is 1. The Morgan fingerprint density at radius 3 is 2.94 bits per heavy atom. The van der Waals surface area contributed by atoms with Gasteiger partial charge in [0.1, 0.15) is 5.78 Å². The summed E-state index contributed by atoms with van der Waals surface area (Å²) in [4.78, 5) is 15.2. The zero-order valence-electron chi connectivity index (χ0n) is 10.1. The molecule has 17 heavy (non-hydrogen) atoms. The van der Waals surface area contributed by atoms with E-state index in [2.05, 4.69) is 4.98 Å². The van der Waals surface area contributed by atoms with Crippen LogP contribution in [-0.2, 0) is 16.0 Å². The van der Waals surface area contributed by atoms with Gasteiger partial charge in [-0.3, -0.25) is 9.78 Å². The van der Waals surface area contributed by atoms with E-state index < -0.39 is 0 Å². The Bertz CT molecular complexity index is 350. The van der Waals surface area contributed by atoms with Crippen LogP contribution in [0.1, 0.15) is 37.7 Å². The highest BCUT2D eigenvalue weighted by atomic mass is 16.5. The molecule has 1 atom stereocenters. The molecule has 0 N–H and O–H groups in total. The zero-order valence-corrected chi connectivity index (χ0v) is 10.1. The third-order valence-electron chi connectivity index (χ3n) is 3.15. The Morgan fingerprint density at radius 1 is 1.35 bits per heavy atom. The second kappa shape index (κ2) is 6.50. The third kappa shape index (κ3) is 4.27. The maximum Gasteiger partial charge on any atom is 0.135 e. The lowest BCUT2D eigenvalue weighted by molar-refractivity contribution is -0.124. The Balaban J connectivity index is 1.61. The molecule has 2 rings (SSSR count). The highest BCUT2D eigenvalue weighted by Crippen LogP contribution is 2.18. The SMILES string of the molecule is O=C1CCCC(OCCCc2ccncc2)C1. The van der Waals surface area contributed by atoms with E-state index in [1.165, 1.54) is 5.56 Å². The van der Waals surface area contributed by atoms with Gasteiger partial charge in [-0.2, -0.15) is 0 Å². The Kier molecular flexibility index (Phi) is 4.68. The van der Waals surface area contributed by atoms with Crippen LogP contribution < -0.4 is 0 Å². The molecule has 1 aliphatic carbocycles. The van der Waals surface area contributed by atoms with Crippen LogP contribution in [0.25, 0.3) is 0 Å². The standard InChI is InChI=1S/C14H19NO2/c16-13-4-1-5-14(11-13)17-10-2-3-12-6-8-15-9-7-12/h6-9,14H,1-5,10-11H2. The summed E-state index contributed by atoms with van der Waals surface area (Å²) in [6.45, 7) is 0.750. The van der Waals surface area contributed by atoms with Crippen molar-refractivity contribution in [1.82, 2.24) is 4.98 Å². The van der Waals surface area contributed by atoms with Gasteiger partial charge in [-0.15, -0.1) is 0 Å². The van der Waals surface area contributed by atoms with Gasteiger partial charge in [0.05, 0.1) is 6.10 Å². The number of hydrogen-bond acceptors (Lipinski definition) is 3. The normalized spacial score (nSPS) is 20.5. The summed E-state index contributed by atoms with van der Waals surface area (Å²) in [6.07, 6.45) is 9.24. The van der Waals surface area contributed by atoms with Crippen molar-refractivity contribution in [3.8, 4) is 0 Å². The van der Waals surface area contributed by atoms with Crippen LogP contribution >= 0.6 is 0 Å². The van der Waals surface area contributed by atoms with E-state index >= 15 is 0 Å². The average molecular weight is 233 g/mol. The van der Waals surface area contributed by atoms with Crippen molar-refractivity contribution in [2.75, 3.05) is 6.61 Å². The molecule has 0 saturated heterocycles. The number of ether oxygens (including phenoxy) is 1. The molecule has 1 aliphatic rings. The van der Waals surface area contributed by atoms with E-state index in [0.717, 1.165) is 38.7 Å². The molecule has 1 aromatic rings. The molecule has 3 heteroatoms. The zero-order chi connectivity index (χ0) is 11.9. The van der Waals surface area contributed by atoms with E-state index in [1.54, 1.807) is 0 Å². The minimum Gasteiger partial charge on any atom is -0.378 e. The van der Waals surface area contributed by atoms with Gasteiger partial charge in [0.2, 0.25) is 0 Å². The molecule has 0 amide bonds. The van der Waals surface area contributed by atoms with E-state index in [4.69, 9.17) is 4.74 Å². The predicted octanol–water partition coefficient (Wildman–Crippen LogP) is 2.54. The summed E-state index contributed by atoms with van der Waals surface area (Å²) in [5.74, 6) is 0.357. The number of aryl methyl sites for hydroxylation is 1. The van der Waals surface area contributed by atoms with Crippen LogP contribution in [0.3, 0.4) is 0 Å². The number of pyridine rings is 1. The summed E-state index contributed by atoms with van der Waals surface area (Å²) in [7, 11) is 0. The number of carbonyl (C=O) groups is 1. The molecule has 92 valence electrons. The smallest absolute Gasteiger partial charge is 0.135 e. The van der Waals surface area contributed by atoms with Gasteiger partial charge in [-0.1, -0.05) is 0 Å². The molecule has 0 bridgehead atoms. The summed E-state index contributed by atoms with van der Waals surface area (Å²) in [6, 6.07) is 4.06. The molecule has 0 spiro atoms. The summed E-state index contributed by atoms with van der Waals surface area (Å²) in [5, 5.41) is 0. The predicted molar refractivity (Wildman–Crippen MR) is 65.8 cm³/mol. The van der Waals surface area contributed by atoms with E-state index in [9.17, 15) is 4.79 Å². The van der Waals surface area contributed by atoms with Gasteiger partial charge in [-0.25, -0.2) is 0 Å². The number of nitrogens with zero attached hydrogens (tertiary/aromatic N) is 1. The van der Waals surface area contributed by atoms with Crippen molar-refractivity contribution in [3.05, 3.63) is 30.1 Å². The maximum atomic E-state index is 11.2. The van der Waals surface area contributed by atoms with Gasteiger partial charge in [0.25, 0.3) is 0 Å². The van der Waals surface area contributed by atoms with Crippen molar-refractivity contribution in [3.63, 3.8) is 0 Å². The highest BCUT2D eigenvalue weighted by molar-refractivity contribution is 5.79. The Labute approximate surface area is 102 Å². The lowest BCUT2D eigenvalue weighted by Crippen LogP contribution is -2.23. The fraction of sp³-hybridized carbons (Fsp3) is 0.571. The Morgan fingerprint density at radius 2 is 2.18 bits per heavy atom. The van der Waals surface area contributed by atoms with Crippen molar-refractivity contribution in [1.29, 1.82) is 0 Å². The van der Waals surface area contributed by atoms with Gasteiger partial charge >= 0.3 is 0 Å². The van der Waals surface area contributed by atoms with Crippen molar-refractivity contribution < 1.29 is 9.53 Å². The second-order valence-corrected chi connectivity index (χ2v) is 4.59. The highest BCUT2D eigenvalue weighted by Gasteiger charge is 2.19. The molecule has 1 fully saturated rings. The molecule has 0 radical (unpaired) electrons. The molecular weight excluding hydrogens is 214 g/mol. The quantitative estimate of drug-likeness (QED) is 0.734. The van der Waals surface area contributed by atoms with Gasteiger partial charge in [0.15, 0.2) is 0 Å². The van der Waals surface area contributed by atoms with Crippen LogP contribution in [0.2, 0.25) is 0 Å². The minimum absolute atomic E-state index is 0.175.